The van der Waals surface area contributed by atoms with Crippen molar-refractivity contribution in [3.63, 3.8) is 0 Å². The molecule has 156 valence electrons. The molecule has 2 aromatic carbocycles. The molecular formula is C19H20F3N3O2S2. The van der Waals surface area contributed by atoms with Crippen molar-refractivity contribution in [3.8, 4) is 0 Å². The van der Waals surface area contributed by atoms with E-state index in [4.69, 9.17) is 0 Å². The number of halogens is 3. The Bertz CT molecular complexity index is 1140. The van der Waals surface area contributed by atoms with Crippen molar-refractivity contribution >= 4 is 32.8 Å². The first kappa shape index (κ1) is 21.7. The summed E-state index contributed by atoms with van der Waals surface area (Å²) in [7, 11) is -0.661. The Morgan fingerprint density at radius 1 is 1.14 bits per heavy atom. The second-order valence-corrected chi connectivity index (χ2v) is 9.73. The summed E-state index contributed by atoms with van der Waals surface area (Å²) < 4.78 is 66.5. The van der Waals surface area contributed by atoms with Crippen LogP contribution in [-0.4, -0.2) is 36.4 Å². The first-order valence-corrected chi connectivity index (χ1v) is 11.2. The molecule has 0 amide bonds. The lowest BCUT2D eigenvalue weighted by Gasteiger charge is -2.11. The van der Waals surface area contributed by atoms with Crippen LogP contribution < -0.4 is 0 Å². The fraction of sp³-hybridized carbons (Fsp3) is 0.316. The number of benzene rings is 2. The Labute approximate surface area is 171 Å². The van der Waals surface area contributed by atoms with Gasteiger partial charge in [0.05, 0.1) is 27.2 Å². The summed E-state index contributed by atoms with van der Waals surface area (Å²) in [4.78, 5) is 5.18. The van der Waals surface area contributed by atoms with Crippen molar-refractivity contribution < 1.29 is 21.6 Å². The maximum Gasteiger partial charge on any atom is 0.416 e. The second-order valence-electron chi connectivity index (χ2n) is 6.52. The van der Waals surface area contributed by atoms with Crippen LogP contribution in [0.2, 0.25) is 0 Å². The van der Waals surface area contributed by atoms with Gasteiger partial charge in [-0.05, 0) is 43.3 Å². The molecule has 0 N–H and O–H groups in total. The summed E-state index contributed by atoms with van der Waals surface area (Å²) in [5.41, 5.74) is 0.629. The second kappa shape index (κ2) is 8.00. The van der Waals surface area contributed by atoms with Crippen LogP contribution in [0, 0.1) is 0 Å². The molecule has 0 aliphatic carbocycles. The van der Waals surface area contributed by atoms with Gasteiger partial charge in [0, 0.05) is 25.5 Å². The number of fused-ring (bicyclic) bond motifs is 1. The molecule has 0 aliphatic heterocycles. The molecule has 3 aromatic rings. The quantitative estimate of drug-likeness (QED) is 0.522. The zero-order valence-corrected chi connectivity index (χ0v) is 17.7. The van der Waals surface area contributed by atoms with Crippen LogP contribution in [0.25, 0.3) is 11.0 Å². The van der Waals surface area contributed by atoms with Gasteiger partial charge in [-0.15, -0.1) is 11.8 Å². The Balaban J connectivity index is 1.92. The normalized spacial score (nSPS) is 12.8. The third kappa shape index (κ3) is 4.44. The van der Waals surface area contributed by atoms with Crippen LogP contribution in [-0.2, 0) is 28.5 Å². The lowest BCUT2D eigenvalue weighted by atomic mass is 10.2. The minimum absolute atomic E-state index is 0.146. The SMILES string of the molecule is CCn1c(CSc2cccc(C(F)(F)F)c2)nc2cc(S(=O)(=O)N(C)C)ccc21. The standard InChI is InChI=1S/C19H20F3N3O2S2/c1-4-25-17-9-8-15(29(26,27)24(2)3)11-16(17)23-18(25)12-28-14-7-5-6-13(10-14)19(20,21)22/h5-11H,4,12H2,1-3H3. The van der Waals surface area contributed by atoms with E-state index in [-0.39, 0.29) is 4.90 Å². The largest absolute Gasteiger partial charge is 0.416 e. The van der Waals surface area contributed by atoms with Crippen molar-refractivity contribution in [1.82, 2.24) is 13.9 Å². The van der Waals surface area contributed by atoms with E-state index in [9.17, 15) is 21.6 Å². The number of hydrogen-bond acceptors (Lipinski definition) is 4. The molecule has 3 rings (SSSR count). The van der Waals surface area contributed by atoms with E-state index < -0.39 is 21.8 Å². The van der Waals surface area contributed by atoms with Gasteiger partial charge < -0.3 is 4.57 Å². The molecule has 29 heavy (non-hydrogen) atoms. The molecule has 0 saturated carbocycles. The van der Waals surface area contributed by atoms with Gasteiger partial charge in [-0.25, -0.2) is 17.7 Å². The first-order valence-electron chi connectivity index (χ1n) is 8.75. The molecule has 0 aliphatic rings. The van der Waals surface area contributed by atoms with Crippen LogP contribution in [0.4, 0.5) is 13.2 Å². The van der Waals surface area contributed by atoms with E-state index in [1.807, 2.05) is 11.5 Å². The Morgan fingerprint density at radius 2 is 1.86 bits per heavy atom. The number of thioether (sulfide) groups is 1. The number of sulfonamides is 1. The highest BCUT2D eigenvalue weighted by molar-refractivity contribution is 7.98. The van der Waals surface area contributed by atoms with Crippen LogP contribution in [0.3, 0.4) is 0 Å². The number of hydrogen-bond donors (Lipinski definition) is 0. The third-order valence-corrected chi connectivity index (χ3v) is 7.22. The van der Waals surface area contributed by atoms with Crippen molar-refractivity contribution in [2.75, 3.05) is 14.1 Å². The van der Waals surface area contributed by atoms with Crippen LogP contribution in [0.15, 0.2) is 52.3 Å². The molecule has 1 heterocycles. The van der Waals surface area contributed by atoms with Gasteiger partial charge in [0.15, 0.2) is 0 Å². The van der Waals surface area contributed by atoms with E-state index in [1.54, 1.807) is 12.1 Å². The van der Waals surface area contributed by atoms with Gasteiger partial charge >= 0.3 is 6.18 Å². The van der Waals surface area contributed by atoms with Crippen LogP contribution in [0.1, 0.15) is 18.3 Å². The van der Waals surface area contributed by atoms with Crippen molar-refractivity contribution in [2.45, 2.75) is 35.2 Å². The Morgan fingerprint density at radius 3 is 2.48 bits per heavy atom. The lowest BCUT2D eigenvalue weighted by Crippen LogP contribution is -2.22. The molecule has 5 nitrogen and oxygen atoms in total. The number of aryl methyl sites for hydroxylation is 1. The number of aromatic nitrogens is 2. The highest BCUT2D eigenvalue weighted by Crippen LogP contribution is 2.33. The third-order valence-electron chi connectivity index (χ3n) is 4.42. The van der Waals surface area contributed by atoms with Gasteiger partial charge in [-0.3, -0.25) is 0 Å². The average Bonchev–Trinajstić information content (AvgIpc) is 3.02. The van der Waals surface area contributed by atoms with Gasteiger partial charge in [0.2, 0.25) is 10.0 Å². The number of rotatable bonds is 6. The molecule has 1 aromatic heterocycles. The Kier molecular flexibility index (Phi) is 5.98. The van der Waals surface area contributed by atoms with E-state index in [0.29, 0.717) is 28.5 Å². The van der Waals surface area contributed by atoms with Crippen LogP contribution in [0.5, 0.6) is 0 Å². The number of alkyl halides is 3. The smallest absolute Gasteiger partial charge is 0.328 e. The maximum atomic E-state index is 12.9. The molecule has 0 unspecified atom stereocenters. The van der Waals surface area contributed by atoms with E-state index in [1.165, 1.54) is 44.1 Å². The molecule has 0 bridgehead atoms. The zero-order valence-electron chi connectivity index (χ0n) is 16.1. The predicted octanol–water partition coefficient (Wildman–Crippen LogP) is 4.62. The molecular weight excluding hydrogens is 423 g/mol. The molecule has 0 saturated heterocycles. The highest BCUT2D eigenvalue weighted by Gasteiger charge is 2.30. The van der Waals surface area contributed by atoms with E-state index in [2.05, 4.69) is 4.98 Å². The monoisotopic (exact) mass is 443 g/mol. The molecule has 10 heteroatoms. The molecule has 0 radical (unpaired) electrons. The summed E-state index contributed by atoms with van der Waals surface area (Å²) >= 11 is 1.25. The van der Waals surface area contributed by atoms with Crippen LogP contribution >= 0.6 is 11.8 Å². The number of imidazole rings is 1. The van der Waals surface area contributed by atoms with E-state index >= 15 is 0 Å². The van der Waals surface area contributed by atoms with Gasteiger partial charge in [-0.1, -0.05) is 6.07 Å². The summed E-state index contributed by atoms with van der Waals surface area (Å²) in [6, 6.07) is 9.93. The summed E-state index contributed by atoms with van der Waals surface area (Å²) in [5, 5.41) is 0. The van der Waals surface area contributed by atoms with Gasteiger partial charge in [0.1, 0.15) is 5.82 Å². The number of nitrogens with zero attached hydrogens (tertiary/aromatic N) is 3. The fourth-order valence-corrected chi connectivity index (χ4v) is 4.73. The Hall–Kier alpha value is -2.04. The van der Waals surface area contributed by atoms with Crippen molar-refractivity contribution in [2.24, 2.45) is 0 Å². The van der Waals surface area contributed by atoms with E-state index in [0.717, 1.165) is 22.0 Å². The van der Waals surface area contributed by atoms with Gasteiger partial charge in [0.25, 0.3) is 0 Å². The topological polar surface area (TPSA) is 55.2 Å². The minimum atomic E-state index is -4.39. The minimum Gasteiger partial charge on any atom is -0.328 e. The highest BCUT2D eigenvalue weighted by atomic mass is 32.2. The maximum absolute atomic E-state index is 12.9. The molecule has 0 spiro atoms. The fourth-order valence-electron chi connectivity index (χ4n) is 2.90. The molecule has 0 atom stereocenters. The lowest BCUT2D eigenvalue weighted by molar-refractivity contribution is -0.137. The van der Waals surface area contributed by atoms with Gasteiger partial charge in [-0.2, -0.15) is 13.2 Å². The summed E-state index contributed by atoms with van der Waals surface area (Å²) in [5.74, 6) is 1.03. The molecule has 0 fully saturated rings. The zero-order chi connectivity index (χ0) is 21.4. The predicted molar refractivity (Wildman–Crippen MR) is 107 cm³/mol. The average molecular weight is 444 g/mol. The summed E-state index contributed by atoms with van der Waals surface area (Å²) in [6.07, 6.45) is -4.39. The summed E-state index contributed by atoms with van der Waals surface area (Å²) in [6.45, 7) is 2.54. The first-order chi connectivity index (χ1) is 13.5. The van der Waals surface area contributed by atoms with Crippen molar-refractivity contribution in [3.05, 3.63) is 53.9 Å². The van der Waals surface area contributed by atoms with Crippen molar-refractivity contribution in [1.29, 1.82) is 0 Å².